The molecule has 0 atom stereocenters. The van der Waals surface area contributed by atoms with Crippen molar-refractivity contribution in [2.45, 2.75) is 0 Å². The van der Waals surface area contributed by atoms with E-state index in [1.807, 2.05) is 0 Å². The smallest absolute Gasteiger partial charge is 0.362 e. The van der Waals surface area contributed by atoms with Crippen LogP contribution in [-0.4, -0.2) is 32.9 Å². The van der Waals surface area contributed by atoms with Gasteiger partial charge in [0.2, 0.25) is 5.69 Å². The standard InChI is InChI=1S/C6H5ClN4O2/c1-13-6(12)4-5-8-3(7)2-11(5)10-9-4/h2,10H,1H3. The van der Waals surface area contributed by atoms with Crippen molar-refractivity contribution >= 4 is 23.2 Å². The second-order valence-corrected chi connectivity index (χ2v) is 2.70. The van der Waals surface area contributed by atoms with Gasteiger partial charge in [-0.15, -0.1) is 5.10 Å². The number of H-pyrrole nitrogens is 1. The van der Waals surface area contributed by atoms with Gasteiger partial charge in [0.15, 0.2) is 5.65 Å². The number of rotatable bonds is 1. The first-order valence-electron chi connectivity index (χ1n) is 3.39. The third-order valence-corrected chi connectivity index (χ3v) is 1.72. The Hall–Kier alpha value is -1.56. The van der Waals surface area contributed by atoms with Gasteiger partial charge in [0, 0.05) is 0 Å². The minimum atomic E-state index is -0.548. The number of carbonyl (C=O) groups is 1. The van der Waals surface area contributed by atoms with Crippen molar-refractivity contribution in [1.82, 2.24) is 19.8 Å². The molecule has 2 aromatic heterocycles. The highest BCUT2D eigenvalue weighted by Gasteiger charge is 2.16. The molecule has 0 aliphatic rings. The molecule has 6 nitrogen and oxygen atoms in total. The van der Waals surface area contributed by atoms with Crippen molar-refractivity contribution in [3.05, 3.63) is 17.0 Å². The van der Waals surface area contributed by atoms with Crippen LogP contribution in [0, 0.1) is 0 Å². The molecule has 13 heavy (non-hydrogen) atoms. The Balaban J connectivity index is 2.62. The molecular formula is C6H5ClN4O2. The van der Waals surface area contributed by atoms with E-state index in [-0.39, 0.29) is 5.69 Å². The fraction of sp³-hybridized carbons (Fsp3) is 0.167. The van der Waals surface area contributed by atoms with Crippen LogP contribution in [0.3, 0.4) is 0 Å². The SMILES string of the molecule is COC(=O)c1n[nH]n2cc(Cl)nc12. The van der Waals surface area contributed by atoms with Gasteiger partial charge in [-0.3, -0.25) is 0 Å². The molecule has 0 fully saturated rings. The second-order valence-electron chi connectivity index (χ2n) is 2.31. The van der Waals surface area contributed by atoms with Crippen molar-refractivity contribution in [3.63, 3.8) is 0 Å². The second kappa shape index (κ2) is 2.74. The van der Waals surface area contributed by atoms with E-state index in [4.69, 9.17) is 11.6 Å². The highest BCUT2D eigenvalue weighted by molar-refractivity contribution is 6.29. The van der Waals surface area contributed by atoms with E-state index in [1.165, 1.54) is 17.8 Å². The molecule has 0 radical (unpaired) electrons. The molecule has 0 spiro atoms. The Morgan fingerprint density at radius 2 is 2.54 bits per heavy atom. The van der Waals surface area contributed by atoms with Crippen LogP contribution < -0.4 is 0 Å². The van der Waals surface area contributed by atoms with Gasteiger partial charge in [-0.25, -0.2) is 19.5 Å². The molecule has 68 valence electrons. The van der Waals surface area contributed by atoms with Gasteiger partial charge in [0.1, 0.15) is 5.15 Å². The van der Waals surface area contributed by atoms with Gasteiger partial charge in [-0.05, 0) is 0 Å². The number of carbonyl (C=O) groups excluding carboxylic acids is 1. The van der Waals surface area contributed by atoms with E-state index < -0.39 is 5.97 Å². The molecule has 0 aliphatic heterocycles. The first-order chi connectivity index (χ1) is 6.22. The minimum Gasteiger partial charge on any atom is -0.464 e. The summed E-state index contributed by atoms with van der Waals surface area (Å²) in [4.78, 5) is 15.0. The molecule has 2 aromatic rings. The molecule has 0 amide bonds. The Bertz CT molecular complexity index is 460. The van der Waals surface area contributed by atoms with Crippen LogP contribution in [0.4, 0.5) is 0 Å². The Morgan fingerprint density at radius 1 is 1.77 bits per heavy atom. The average molecular weight is 201 g/mol. The van der Waals surface area contributed by atoms with Crippen LogP contribution in [-0.2, 0) is 4.74 Å². The molecule has 0 saturated carbocycles. The van der Waals surface area contributed by atoms with Crippen molar-refractivity contribution in [1.29, 1.82) is 0 Å². The third-order valence-electron chi connectivity index (χ3n) is 1.54. The quantitative estimate of drug-likeness (QED) is 0.681. The molecular weight excluding hydrogens is 196 g/mol. The summed E-state index contributed by atoms with van der Waals surface area (Å²) in [5.41, 5.74) is 0.478. The van der Waals surface area contributed by atoms with Crippen molar-refractivity contribution in [2.75, 3.05) is 7.11 Å². The lowest BCUT2D eigenvalue weighted by Gasteiger charge is -1.90. The molecule has 2 heterocycles. The van der Waals surface area contributed by atoms with Crippen LogP contribution in [0.25, 0.3) is 5.65 Å². The number of aromatic nitrogens is 4. The maximum Gasteiger partial charge on any atom is 0.362 e. The number of nitrogens with one attached hydrogen (secondary N) is 1. The molecule has 7 heteroatoms. The number of methoxy groups -OCH3 is 1. The largest absolute Gasteiger partial charge is 0.464 e. The molecule has 0 bridgehead atoms. The Morgan fingerprint density at radius 3 is 3.23 bits per heavy atom. The Labute approximate surface area is 77.4 Å². The van der Waals surface area contributed by atoms with Crippen molar-refractivity contribution < 1.29 is 9.53 Å². The number of imidazole rings is 1. The van der Waals surface area contributed by atoms with Crippen LogP contribution in [0.2, 0.25) is 5.15 Å². The maximum atomic E-state index is 11.1. The third kappa shape index (κ3) is 1.15. The number of esters is 1. The normalized spacial score (nSPS) is 10.6. The summed E-state index contributed by atoms with van der Waals surface area (Å²) in [7, 11) is 1.28. The molecule has 0 aromatic carbocycles. The predicted molar refractivity (Wildman–Crippen MR) is 43.7 cm³/mol. The van der Waals surface area contributed by atoms with E-state index in [0.717, 1.165) is 0 Å². The summed E-state index contributed by atoms with van der Waals surface area (Å²) < 4.78 is 5.93. The van der Waals surface area contributed by atoms with Gasteiger partial charge < -0.3 is 4.74 Å². The monoisotopic (exact) mass is 200 g/mol. The van der Waals surface area contributed by atoms with Gasteiger partial charge in [0.25, 0.3) is 0 Å². The number of aromatic amines is 1. The topological polar surface area (TPSA) is 72.3 Å². The minimum absolute atomic E-state index is 0.120. The molecule has 1 N–H and O–H groups in total. The number of fused-ring (bicyclic) bond motifs is 1. The number of nitrogens with zero attached hydrogens (tertiary/aromatic N) is 3. The lowest BCUT2D eigenvalue weighted by atomic mass is 10.5. The summed E-state index contributed by atoms with van der Waals surface area (Å²) >= 11 is 5.61. The van der Waals surface area contributed by atoms with Gasteiger partial charge in [0.05, 0.1) is 13.3 Å². The molecule has 0 aliphatic carbocycles. The first kappa shape index (κ1) is 8.06. The average Bonchev–Trinajstić information content (AvgIpc) is 2.61. The number of hydrogen-bond acceptors (Lipinski definition) is 4. The van der Waals surface area contributed by atoms with E-state index >= 15 is 0 Å². The molecule has 0 saturated heterocycles. The number of ether oxygens (including phenoxy) is 1. The number of hydrogen-bond donors (Lipinski definition) is 1. The fourth-order valence-corrected chi connectivity index (χ4v) is 1.16. The molecule has 2 rings (SSSR count). The highest BCUT2D eigenvalue weighted by atomic mass is 35.5. The summed E-state index contributed by atoms with van der Waals surface area (Å²) in [5, 5.41) is 6.54. The Kier molecular flexibility index (Phi) is 1.70. The van der Waals surface area contributed by atoms with E-state index in [2.05, 4.69) is 20.0 Å². The maximum absolute atomic E-state index is 11.1. The number of halogens is 1. The van der Waals surface area contributed by atoms with Gasteiger partial charge in [-0.1, -0.05) is 11.6 Å². The molecule has 0 unspecified atom stereocenters. The first-order valence-corrected chi connectivity index (χ1v) is 3.77. The lowest BCUT2D eigenvalue weighted by Crippen LogP contribution is -2.02. The van der Waals surface area contributed by atoms with Gasteiger partial charge >= 0.3 is 5.97 Å². The summed E-state index contributed by atoms with van der Waals surface area (Å²) in [6, 6.07) is 0. The van der Waals surface area contributed by atoms with E-state index in [9.17, 15) is 4.79 Å². The zero-order chi connectivity index (χ0) is 9.42. The van der Waals surface area contributed by atoms with Crippen molar-refractivity contribution in [3.8, 4) is 0 Å². The summed E-state index contributed by atoms with van der Waals surface area (Å²) in [6.45, 7) is 0. The zero-order valence-corrected chi connectivity index (χ0v) is 7.37. The van der Waals surface area contributed by atoms with E-state index in [1.54, 1.807) is 0 Å². The zero-order valence-electron chi connectivity index (χ0n) is 6.61. The fourth-order valence-electron chi connectivity index (χ4n) is 0.982. The van der Waals surface area contributed by atoms with Crippen LogP contribution in [0.5, 0.6) is 0 Å². The van der Waals surface area contributed by atoms with Gasteiger partial charge in [-0.2, -0.15) is 0 Å². The summed E-state index contributed by atoms with van der Waals surface area (Å²) in [6.07, 6.45) is 1.51. The lowest BCUT2D eigenvalue weighted by molar-refractivity contribution is 0.0596. The summed E-state index contributed by atoms with van der Waals surface area (Å²) in [5.74, 6) is -0.548. The predicted octanol–water partition coefficient (Wildman–Crippen LogP) is 0.497. The van der Waals surface area contributed by atoms with Crippen LogP contribution in [0.1, 0.15) is 10.5 Å². The highest BCUT2D eigenvalue weighted by Crippen LogP contribution is 2.11. The van der Waals surface area contributed by atoms with Crippen LogP contribution in [0.15, 0.2) is 6.20 Å². The van der Waals surface area contributed by atoms with Crippen LogP contribution >= 0.6 is 11.6 Å². The van der Waals surface area contributed by atoms with Crippen molar-refractivity contribution in [2.24, 2.45) is 0 Å². The van der Waals surface area contributed by atoms with E-state index in [0.29, 0.717) is 10.8 Å².